The molecule has 2 fully saturated rings. The third kappa shape index (κ3) is 2.56. The van der Waals surface area contributed by atoms with E-state index < -0.39 is 10.0 Å². The molecule has 0 aliphatic heterocycles. The fourth-order valence-corrected chi connectivity index (χ4v) is 3.75. The highest BCUT2D eigenvalue weighted by molar-refractivity contribution is 7.89. The third-order valence-corrected chi connectivity index (χ3v) is 5.66. The summed E-state index contributed by atoms with van der Waals surface area (Å²) in [5.41, 5.74) is 1.15. The van der Waals surface area contributed by atoms with Gasteiger partial charge in [0.15, 0.2) is 5.89 Å². The minimum absolute atomic E-state index is 0.0767. The molecular weight excluding hydrogens is 304 g/mol. The molecule has 8 heteroatoms. The van der Waals surface area contributed by atoms with Gasteiger partial charge in [-0.3, -0.25) is 4.68 Å². The van der Waals surface area contributed by atoms with Gasteiger partial charge < -0.3 is 4.42 Å². The average Bonchev–Trinajstić information content (AvgIpc) is 3.39. The largest absolute Gasteiger partial charge is 0.428 e. The molecule has 7 nitrogen and oxygen atoms in total. The van der Waals surface area contributed by atoms with Crippen LogP contribution in [0.3, 0.4) is 0 Å². The van der Waals surface area contributed by atoms with Crippen molar-refractivity contribution >= 4 is 10.0 Å². The second-order valence-electron chi connectivity index (χ2n) is 6.13. The van der Waals surface area contributed by atoms with Crippen molar-refractivity contribution in [2.24, 2.45) is 13.0 Å². The van der Waals surface area contributed by atoms with Crippen molar-refractivity contribution in [3.05, 3.63) is 30.0 Å². The molecule has 22 heavy (non-hydrogen) atoms. The second kappa shape index (κ2) is 4.92. The summed E-state index contributed by atoms with van der Waals surface area (Å²) in [6.07, 6.45) is 6.11. The maximum atomic E-state index is 12.2. The van der Waals surface area contributed by atoms with Gasteiger partial charge in [0.1, 0.15) is 0 Å². The maximum Gasteiger partial charge on any atom is 0.275 e. The molecule has 2 aliphatic carbocycles. The lowest BCUT2D eigenvalue weighted by atomic mass is 10.2. The number of nitrogens with zero attached hydrogens (tertiary/aromatic N) is 3. The predicted molar refractivity (Wildman–Crippen MR) is 77.7 cm³/mol. The van der Waals surface area contributed by atoms with Crippen LogP contribution in [0.4, 0.5) is 0 Å². The van der Waals surface area contributed by atoms with E-state index in [-0.39, 0.29) is 5.09 Å². The number of hydrogen-bond acceptors (Lipinski definition) is 5. The second-order valence-corrected chi connectivity index (χ2v) is 7.82. The normalized spacial score (nSPS) is 24.6. The van der Waals surface area contributed by atoms with Gasteiger partial charge >= 0.3 is 0 Å². The molecule has 0 bridgehead atoms. The molecule has 2 aromatic rings. The molecule has 0 radical (unpaired) electrons. The zero-order valence-electron chi connectivity index (χ0n) is 12.3. The molecule has 0 aromatic carbocycles. The van der Waals surface area contributed by atoms with E-state index in [0.29, 0.717) is 30.2 Å². The summed E-state index contributed by atoms with van der Waals surface area (Å²) in [5, 5.41) is 4.07. The highest BCUT2D eigenvalue weighted by Crippen LogP contribution is 2.46. The monoisotopic (exact) mass is 322 g/mol. The van der Waals surface area contributed by atoms with Gasteiger partial charge in [-0.2, -0.15) is 5.10 Å². The minimum Gasteiger partial charge on any atom is -0.428 e. The van der Waals surface area contributed by atoms with E-state index in [2.05, 4.69) is 14.8 Å². The summed E-state index contributed by atoms with van der Waals surface area (Å²) in [5.74, 6) is 1.55. The smallest absolute Gasteiger partial charge is 0.275 e. The predicted octanol–water partition coefficient (Wildman–Crippen LogP) is 1.37. The Kier molecular flexibility index (Phi) is 3.12. The topological polar surface area (TPSA) is 90.0 Å². The first-order valence-corrected chi connectivity index (χ1v) is 8.96. The van der Waals surface area contributed by atoms with Gasteiger partial charge in [-0.15, -0.1) is 0 Å². The summed E-state index contributed by atoms with van der Waals surface area (Å²) < 4.78 is 34.3. The Hall–Kier alpha value is -1.67. The summed E-state index contributed by atoms with van der Waals surface area (Å²) in [6, 6.07) is 1.98. The Balaban J connectivity index is 1.38. The lowest BCUT2D eigenvalue weighted by Gasteiger charge is -2.04. The molecule has 118 valence electrons. The molecule has 2 aliphatic rings. The average molecular weight is 322 g/mol. The van der Waals surface area contributed by atoms with Crippen LogP contribution in [-0.2, 0) is 17.1 Å². The number of nitrogens with one attached hydrogen (secondary N) is 1. The van der Waals surface area contributed by atoms with Crippen molar-refractivity contribution in [3.8, 4) is 0 Å². The quantitative estimate of drug-likeness (QED) is 0.867. The molecule has 2 aromatic heterocycles. The Morgan fingerprint density at radius 1 is 1.45 bits per heavy atom. The van der Waals surface area contributed by atoms with Gasteiger partial charge in [0, 0.05) is 37.3 Å². The van der Waals surface area contributed by atoms with Crippen LogP contribution in [-0.4, -0.2) is 29.7 Å². The van der Waals surface area contributed by atoms with Gasteiger partial charge in [0.2, 0.25) is 0 Å². The van der Waals surface area contributed by atoms with Crippen LogP contribution in [0.15, 0.2) is 28.0 Å². The first-order valence-electron chi connectivity index (χ1n) is 7.48. The zero-order valence-corrected chi connectivity index (χ0v) is 13.1. The van der Waals surface area contributed by atoms with Crippen molar-refractivity contribution < 1.29 is 12.8 Å². The van der Waals surface area contributed by atoms with Gasteiger partial charge in [-0.25, -0.2) is 18.1 Å². The minimum atomic E-state index is -3.60. The van der Waals surface area contributed by atoms with E-state index in [0.717, 1.165) is 25.0 Å². The summed E-state index contributed by atoms with van der Waals surface area (Å²) >= 11 is 0. The van der Waals surface area contributed by atoms with Crippen LogP contribution < -0.4 is 4.72 Å². The number of aromatic nitrogens is 3. The Morgan fingerprint density at radius 3 is 2.95 bits per heavy atom. The molecule has 2 heterocycles. The molecule has 2 saturated carbocycles. The van der Waals surface area contributed by atoms with Gasteiger partial charge in [-0.1, -0.05) is 0 Å². The number of sulfonamides is 1. The van der Waals surface area contributed by atoms with Gasteiger partial charge in [0.05, 0.1) is 6.20 Å². The summed E-state index contributed by atoms with van der Waals surface area (Å²) in [6.45, 7) is 0.414. The highest BCUT2D eigenvalue weighted by atomic mass is 32.2. The number of hydrogen-bond donors (Lipinski definition) is 1. The SMILES string of the molecule is Cn1nccc1[C@@H]1C[C@H]1CNS(=O)(=O)c1cnc(C2CC2)o1. The van der Waals surface area contributed by atoms with Crippen LogP contribution in [0.1, 0.15) is 42.7 Å². The van der Waals surface area contributed by atoms with Crippen LogP contribution >= 0.6 is 0 Å². The fraction of sp³-hybridized carbons (Fsp3) is 0.571. The van der Waals surface area contributed by atoms with Gasteiger partial charge in [0.25, 0.3) is 15.1 Å². The molecule has 0 saturated heterocycles. The first kappa shape index (κ1) is 14.0. The number of rotatable bonds is 6. The van der Waals surface area contributed by atoms with E-state index >= 15 is 0 Å². The van der Waals surface area contributed by atoms with Crippen LogP contribution in [0.2, 0.25) is 0 Å². The Morgan fingerprint density at radius 2 is 2.27 bits per heavy atom. The fourth-order valence-electron chi connectivity index (χ4n) is 2.79. The highest BCUT2D eigenvalue weighted by Gasteiger charge is 2.41. The lowest BCUT2D eigenvalue weighted by molar-refractivity contribution is 0.405. The molecule has 0 spiro atoms. The standard InChI is InChI=1S/C14H18N4O3S/c1-18-12(4-5-16-18)11-6-10(11)7-17-22(19,20)13-8-15-14(21-13)9-2-3-9/h4-5,8-11,17H,2-3,6-7H2,1H3/t10-,11+/m0/s1. The van der Waals surface area contributed by atoms with Crippen LogP contribution in [0.5, 0.6) is 0 Å². The van der Waals surface area contributed by atoms with E-state index in [1.165, 1.54) is 6.20 Å². The molecule has 0 amide bonds. The van der Waals surface area contributed by atoms with Crippen LogP contribution in [0, 0.1) is 5.92 Å². The van der Waals surface area contributed by atoms with Gasteiger partial charge in [-0.05, 0) is 31.2 Å². The third-order valence-electron chi connectivity index (χ3n) is 4.39. The molecular formula is C14H18N4O3S. The van der Waals surface area contributed by atoms with Crippen molar-refractivity contribution in [1.82, 2.24) is 19.5 Å². The van der Waals surface area contributed by atoms with Crippen LogP contribution in [0.25, 0.3) is 0 Å². The van der Waals surface area contributed by atoms with Crippen molar-refractivity contribution in [2.45, 2.75) is 36.2 Å². The van der Waals surface area contributed by atoms with Crippen molar-refractivity contribution in [3.63, 3.8) is 0 Å². The van der Waals surface area contributed by atoms with Crippen molar-refractivity contribution in [1.29, 1.82) is 0 Å². The Labute approximate surface area is 128 Å². The maximum absolute atomic E-state index is 12.2. The van der Waals surface area contributed by atoms with E-state index in [1.54, 1.807) is 6.20 Å². The van der Waals surface area contributed by atoms with E-state index in [9.17, 15) is 8.42 Å². The van der Waals surface area contributed by atoms with E-state index in [1.807, 2.05) is 17.8 Å². The lowest BCUT2D eigenvalue weighted by Crippen LogP contribution is -2.26. The molecule has 1 N–H and O–H groups in total. The molecule has 2 atom stereocenters. The first-order chi connectivity index (χ1) is 10.5. The summed E-state index contributed by atoms with van der Waals surface area (Å²) in [7, 11) is -1.70. The molecule has 0 unspecified atom stereocenters. The number of aryl methyl sites for hydroxylation is 1. The Bertz CT molecular complexity index is 791. The zero-order chi connectivity index (χ0) is 15.3. The van der Waals surface area contributed by atoms with Crippen molar-refractivity contribution in [2.75, 3.05) is 6.54 Å². The van der Waals surface area contributed by atoms with E-state index in [4.69, 9.17) is 4.42 Å². The number of oxazole rings is 1. The molecule has 4 rings (SSSR count). The summed E-state index contributed by atoms with van der Waals surface area (Å²) in [4.78, 5) is 4.06.